The summed E-state index contributed by atoms with van der Waals surface area (Å²) >= 11 is 4.52. The molecule has 1 spiro atoms. The highest BCUT2D eigenvalue weighted by Gasteiger charge is 2.46. The Balaban J connectivity index is 1.80. The van der Waals surface area contributed by atoms with E-state index in [1.807, 2.05) is 0 Å². The Kier molecular flexibility index (Phi) is 3.37. The lowest BCUT2D eigenvalue weighted by atomic mass is 9.55. The molecule has 0 N–H and O–H groups in total. The van der Waals surface area contributed by atoms with Crippen LogP contribution in [0.4, 0.5) is 0 Å². The van der Waals surface area contributed by atoms with Gasteiger partial charge in [0.25, 0.3) is 0 Å². The van der Waals surface area contributed by atoms with Gasteiger partial charge >= 0.3 is 0 Å². The Morgan fingerprint density at radius 3 is 2.07 bits per heavy atom. The summed E-state index contributed by atoms with van der Waals surface area (Å²) in [5, 5.41) is 0.448. The second-order valence-corrected chi connectivity index (χ2v) is 6.83. The van der Waals surface area contributed by atoms with Crippen molar-refractivity contribution >= 4 is 12.6 Å². The fraction of sp³-hybridized carbons (Fsp3) is 1.00. The first-order valence-corrected chi connectivity index (χ1v) is 6.96. The van der Waals surface area contributed by atoms with Crippen molar-refractivity contribution < 1.29 is 0 Å². The Morgan fingerprint density at radius 2 is 1.67 bits per heavy atom. The first-order valence-electron chi connectivity index (χ1n) is 6.44. The second-order valence-electron chi connectivity index (χ2n) is 6.08. The summed E-state index contributed by atoms with van der Waals surface area (Å²) in [6, 6.07) is 0. The maximum atomic E-state index is 4.52. The molecule has 1 heterocycles. The van der Waals surface area contributed by atoms with Crippen LogP contribution in [0.15, 0.2) is 0 Å². The molecule has 1 saturated carbocycles. The van der Waals surface area contributed by atoms with Gasteiger partial charge < -0.3 is 0 Å². The largest absolute Gasteiger partial charge is 0.292 e. The van der Waals surface area contributed by atoms with Crippen molar-refractivity contribution in [2.75, 3.05) is 13.1 Å². The average molecular weight is 227 g/mol. The Hall–Kier alpha value is 0.310. The van der Waals surface area contributed by atoms with Gasteiger partial charge in [-0.15, -0.1) is 0 Å². The molecule has 0 amide bonds. The summed E-state index contributed by atoms with van der Waals surface area (Å²) in [4.78, 5) is 2.51. The minimum atomic E-state index is 0.448. The van der Waals surface area contributed by atoms with Gasteiger partial charge in [-0.2, -0.15) is 12.6 Å². The third kappa shape index (κ3) is 2.36. The van der Waals surface area contributed by atoms with Gasteiger partial charge in [0.2, 0.25) is 0 Å². The standard InChI is InChI=1S/C13H25NS/c1-10(2)12-8-13(9-12)4-6-14(7-5-13)11(3)15/h10-12,15H,4-9H2,1-3H3. The van der Waals surface area contributed by atoms with Crippen LogP contribution in [-0.4, -0.2) is 23.4 Å². The molecule has 1 unspecified atom stereocenters. The second kappa shape index (κ2) is 4.29. The maximum Gasteiger partial charge on any atom is 0.0499 e. The molecule has 88 valence electrons. The van der Waals surface area contributed by atoms with Crippen molar-refractivity contribution in [2.24, 2.45) is 17.3 Å². The van der Waals surface area contributed by atoms with Crippen molar-refractivity contribution in [2.45, 2.75) is 51.8 Å². The van der Waals surface area contributed by atoms with E-state index in [0.717, 1.165) is 17.3 Å². The lowest BCUT2D eigenvalue weighted by molar-refractivity contribution is -0.0318. The van der Waals surface area contributed by atoms with E-state index in [-0.39, 0.29) is 0 Å². The molecular weight excluding hydrogens is 202 g/mol. The Bertz CT molecular complexity index is 209. The number of rotatable bonds is 2. The van der Waals surface area contributed by atoms with Crippen LogP contribution in [0.1, 0.15) is 46.5 Å². The van der Waals surface area contributed by atoms with E-state index < -0.39 is 0 Å². The van der Waals surface area contributed by atoms with Crippen LogP contribution in [0.5, 0.6) is 0 Å². The molecule has 0 aromatic rings. The molecule has 1 nitrogen and oxygen atoms in total. The van der Waals surface area contributed by atoms with Crippen molar-refractivity contribution in [3.8, 4) is 0 Å². The fourth-order valence-electron chi connectivity index (χ4n) is 3.30. The van der Waals surface area contributed by atoms with Crippen LogP contribution in [0, 0.1) is 17.3 Å². The first-order chi connectivity index (χ1) is 7.02. The minimum absolute atomic E-state index is 0.448. The van der Waals surface area contributed by atoms with Crippen LogP contribution in [-0.2, 0) is 0 Å². The molecule has 0 radical (unpaired) electrons. The van der Waals surface area contributed by atoms with E-state index in [0.29, 0.717) is 5.37 Å². The number of likely N-dealkylation sites (tertiary alicyclic amines) is 1. The van der Waals surface area contributed by atoms with Gasteiger partial charge in [0.15, 0.2) is 0 Å². The predicted octanol–water partition coefficient (Wildman–Crippen LogP) is 3.41. The van der Waals surface area contributed by atoms with Crippen molar-refractivity contribution in [1.29, 1.82) is 0 Å². The van der Waals surface area contributed by atoms with Gasteiger partial charge in [-0.1, -0.05) is 13.8 Å². The van der Waals surface area contributed by atoms with Gasteiger partial charge in [-0.3, -0.25) is 4.90 Å². The molecule has 15 heavy (non-hydrogen) atoms. The molecule has 0 aromatic carbocycles. The van der Waals surface area contributed by atoms with Gasteiger partial charge in [-0.05, 0) is 62.9 Å². The summed E-state index contributed by atoms with van der Waals surface area (Å²) in [6.07, 6.45) is 5.83. The van der Waals surface area contributed by atoms with E-state index in [2.05, 4.69) is 38.3 Å². The Labute approximate surface area is 100 Å². The quantitative estimate of drug-likeness (QED) is 0.708. The van der Waals surface area contributed by atoms with Crippen LogP contribution in [0.25, 0.3) is 0 Å². The van der Waals surface area contributed by atoms with Gasteiger partial charge in [0, 0.05) is 5.37 Å². The zero-order chi connectivity index (χ0) is 11.1. The predicted molar refractivity (Wildman–Crippen MR) is 69.3 cm³/mol. The van der Waals surface area contributed by atoms with Crippen molar-refractivity contribution in [3.05, 3.63) is 0 Å². The molecule has 2 heteroatoms. The van der Waals surface area contributed by atoms with E-state index in [4.69, 9.17) is 0 Å². The summed E-state index contributed by atoms with van der Waals surface area (Å²) < 4.78 is 0. The highest BCUT2D eigenvalue weighted by molar-refractivity contribution is 7.80. The number of piperidine rings is 1. The summed E-state index contributed by atoms with van der Waals surface area (Å²) in [5.74, 6) is 1.92. The van der Waals surface area contributed by atoms with E-state index in [9.17, 15) is 0 Å². The zero-order valence-electron chi connectivity index (χ0n) is 10.4. The minimum Gasteiger partial charge on any atom is -0.292 e. The highest BCUT2D eigenvalue weighted by atomic mass is 32.1. The molecule has 1 saturated heterocycles. The number of thiol groups is 1. The lowest BCUT2D eigenvalue weighted by Crippen LogP contribution is -2.49. The summed E-state index contributed by atoms with van der Waals surface area (Å²) in [6.45, 7) is 9.49. The molecule has 0 aromatic heterocycles. The topological polar surface area (TPSA) is 3.24 Å². The van der Waals surface area contributed by atoms with Crippen LogP contribution >= 0.6 is 12.6 Å². The smallest absolute Gasteiger partial charge is 0.0499 e. The molecular formula is C13H25NS. The van der Waals surface area contributed by atoms with Crippen LogP contribution < -0.4 is 0 Å². The fourth-order valence-corrected chi connectivity index (χ4v) is 3.54. The number of hydrogen-bond donors (Lipinski definition) is 1. The van der Waals surface area contributed by atoms with E-state index in [1.54, 1.807) is 0 Å². The third-order valence-electron chi connectivity index (χ3n) is 4.72. The molecule has 2 aliphatic rings. The van der Waals surface area contributed by atoms with Gasteiger partial charge in [-0.25, -0.2) is 0 Å². The average Bonchev–Trinajstić information content (AvgIpc) is 2.13. The molecule has 1 aliphatic heterocycles. The summed E-state index contributed by atoms with van der Waals surface area (Å²) in [7, 11) is 0. The van der Waals surface area contributed by atoms with E-state index >= 15 is 0 Å². The molecule has 2 fully saturated rings. The Morgan fingerprint density at radius 1 is 1.13 bits per heavy atom. The van der Waals surface area contributed by atoms with Gasteiger partial charge in [0.05, 0.1) is 0 Å². The molecule has 2 rings (SSSR count). The van der Waals surface area contributed by atoms with Crippen molar-refractivity contribution in [3.63, 3.8) is 0 Å². The normalized spacial score (nSPS) is 29.4. The van der Waals surface area contributed by atoms with Gasteiger partial charge in [0.1, 0.15) is 0 Å². The first kappa shape index (κ1) is 11.8. The van der Waals surface area contributed by atoms with E-state index in [1.165, 1.54) is 38.8 Å². The highest BCUT2D eigenvalue weighted by Crippen LogP contribution is 2.54. The zero-order valence-corrected chi connectivity index (χ0v) is 11.3. The SMILES string of the molecule is CC(C)C1CC2(CCN(C(C)S)CC2)C1. The number of hydrogen-bond acceptors (Lipinski definition) is 2. The lowest BCUT2D eigenvalue weighted by Gasteiger charge is -2.54. The molecule has 0 bridgehead atoms. The third-order valence-corrected chi connectivity index (χ3v) is 5.05. The van der Waals surface area contributed by atoms with Crippen LogP contribution in [0.2, 0.25) is 0 Å². The maximum absolute atomic E-state index is 4.52. The van der Waals surface area contributed by atoms with Crippen LogP contribution in [0.3, 0.4) is 0 Å². The number of nitrogens with zero attached hydrogens (tertiary/aromatic N) is 1. The van der Waals surface area contributed by atoms with Crippen molar-refractivity contribution in [1.82, 2.24) is 4.90 Å². The molecule has 1 aliphatic carbocycles. The monoisotopic (exact) mass is 227 g/mol. The molecule has 1 atom stereocenters. The summed E-state index contributed by atoms with van der Waals surface area (Å²) in [5.41, 5.74) is 0.744.